The third-order valence-electron chi connectivity index (χ3n) is 5.88. The third-order valence-corrected chi connectivity index (χ3v) is 8.13. The zero-order chi connectivity index (χ0) is 25.0. The Morgan fingerprint density at radius 2 is 1.41 bits per heavy atom. The lowest BCUT2D eigenvalue weighted by Crippen LogP contribution is -2.26. The summed E-state index contributed by atoms with van der Waals surface area (Å²) in [6.45, 7) is 13.6. The molecule has 0 aliphatic heterocycles. The number of hydrogen-bond donors (Lipinski definition) is 1. The molecule has 1 rings (SSSR count). The van der Waals surface area contributed by atoms with E-state index in [4.69, 9.17) is 6.57 Å². The summed E-state index contributed by atoms with van der Waals surface area (Å²) in [6, 6.07) is 0. The molecule has 1 aromatic heterocycles. The average molecular weight is 507 g/mol. The van der Waals surface area contributed by atoms with Crippen LogP contribution in [0.1, 0.15) is 124 Å². The summed E-state index contributed by atoms with van der Waals surface area (Å²) in [5.74, 6) is 0.0682. The summed E-state index contributed by atoms with van der Waals surface area (Å²) in [4.78, 5) is 19.1. The van der Waals surface area contributed by atoms with Crippen LogP contribution in [0.2, 0.25) is 0 Å². The van der Waals surface area contributed by atoms with E-state index in [2.05, 4.69) is 16.8 Å². The number of carboxylic acid groups (broad SMARTS) is 1. The van der Waals surface area contributed by atoms with Crippen LogP contribution >= 0.6 is 23.1 Å². The zero-order valence-electron chi connectivity index (χ0n) is 21.7. The molecule has 0 saturated heterocycles. The molecule has 4 nitrogen and oxygen atoms in total. The van der Waals surface area contributed by atoms with Gasteiger partial charge in [-0.3, -0.25) is 4.79 Å². The summed E-state index contributed by atoms with van der Waals surface area (Å²) >= 11 is 3.19. The lowest BCUT2D eigenvalue weighted by molar-refractivity contribution is -0.130. The van der Waals surface area contributed by atoms with Gasteiger partial charge in [-0.1, -0.05) is 135 Å². The van der Waals surface area contributed by atoms with Gasteiger partial charge in [-0.05, 0) is 12.3 Å². The van der Waals surface area contributed by atoms with E-state index in [0.717, 1.165) is 21.0 Å². The summed E-state index contributed by atoms with van der Waals surface area (Å²) < 4.78 is 1.67. The van der Waals surface area contributed by atoms with Gasteiger partial charge in [-0.2, -0.15) is 0 Å². The Morgan fingerprint density at radius 1 is 0.941 bits per heavy atom. The van der Waals surface area contributed by atoms with Gasteiger partial charge in [0.25, 0.3) is 5.70 Å². The highest BCUT2D eigenvalue weighted by atomic mass is 32.2. The standard InChI is InChI=1S/C28H46N2O2S2/c1-5-6-7-8-9-10-11-12-13-14-15-16-17-18-19-20-21-33-28-30-25(26(29-4)27(31)32)24(34-28)22-23(2)3/h22-23H,5-21H2,1-3H3,(H,31,32)/b24-22-,26-25+. The normalized spacial score (nSPS) is 12.9. The van der Waals surface area contributed by atoms with E-state index >= 15 is 0 Å². The summed E-state index contributed by atoms with van der Waals surface area (Å²) in [5.41, 5.74) is -0.280. The molecule has 1 heterocycles. The summed E-state index contributed by atoms with van der Waals surface area (Å²) in [6.07, 6.45) is 23.9. The number of thioether (sulfide) groups is 1. The maximum Gasteiger partial charge on any atom is 0.336 e. The minimum absolute atomic E-state index is 0.276. The number of carbonyl (C=O) groups is 1. The van der Waals surface area contributed by atoms with Crippen LogP contribution < -0.4 is 9.88 Å². The second-order valence-corrected chi connectivity index (χ2v) is 11.9. The van der Waals surface area contributed by atoms with Crippen LogP contribution in [0.3, 0.4) is 0 Å². The molecule has 6 heteroatoms. The molecule has 0 fully saturated rings. The first-order valence-electron chi connectivity index (χ1n) is 13.5. The van der Waals surface area contributed by atoms with Crippen molar-refractivity contribution < 1.29 is 9.90 Å². The van der Waals surface area contributed by atoms with Crippen molar-refractivity contribution >= 4 is 40.8 Å². The lowest BCUT2D eigenvalue weighted by Gasteiger charge is -2.03. The molecule has 0 amide bonds. The van der Waals surface area contributed by atoms with Gasteiger partial charge in [0.2, 0.25) is 0 Å². The Morgan fingerprint density at radius 3 is 1.82 bits per heavy atom. The van der Waals surface area contributed by atoms with E-state index in [9.17, 15) is 9.90 Å². The van der Waals surface area contributed by atoms with Crippen molar-refractivity contribution in [2.24, 2.45) is 5.92 Å². The van der Waals surface area contributed by atoms with Crippen molar-refractivity contribution in [2.75, 3.05) is 5.75 Å². The maximum atomic E-state index is 11.4. The van der Waals surface area contributed by atoms with Crippen LogP contribution in [-0.2, 0) is 4.79 Å². The highest BCUT2D eigenvalue weighted by molar-refractivity contribution is 8.00. The summed E-state index contributed by atoms with van der Waals surface area (Å²) in [7, 11) is 0. The second-order valence-electron chi connectivity index (χ2n) is 9.52. The van der Waals surface area contributed by atoms with E-state index in [1.807, 2.05) is 19.9 Å². The Hall–Kier alpha value is -1.32. The smallest absolute Gasteiger partial charge is 0.336 e. The number of rotatable bonds is 20. The first-order valence-corrected chi connectivity index (χ1v) is 15.3. The number of unbranched alkanes of at least 4 members (excludes halogenated alkanes) is 15. The van der Waals surface area contributed by atoms with Crippen molar-refractivity contribution in [3.63, 3.8) is 0 Å². The fourth-order valence-corrected chi connectivity index (χ4v) is 6.31. The number of hydrogen-bond acceptors (Lipinski definition) is 4. The Labute approximate surface area is 216 Å². The predicted octanol–water partition coefficient (Wildman–Crippen LogP) is 8.05. The predicted molar refractivity (Wildman–Crippen MR) is 149 cm³/mol. The Kier molecular flexibility index (Phi) is 18.0. The molecule has 0 aromatic carbocycles. The molecule has 0 saturated carbocycles. The zero-order valence-corrected chi connectivity index (χ0v) is 23.4. The van der Waals surface area contributed by atoms with Crippen LogP contribution in [0, 0.1) is 12.5 Å². The molecular formula is C28H46N2O2S2. The summed E-state index contributed by atoms with van der Waals surface area (Å²) in [5, 5.41) is 9.65. The molecule has 0 spiro atoms. The van der Waals surface area contributed by atoms with Gasteiger partial charge in [0.05, 0.1) is 11.9 Å². The quantitative estimate of drug-likeness (QED) is 0.110. The van der Waals surface area contributed by atoms with Gasteiger partial charge in [0.15, 0.2) is 0 Å². The van der Waals surface area contributed by atoms with Crippen molar-refractivity contribution in [1.29, 1.82) is 0 Å². The number of thiazole rings is 1. The van der Waals surface area contributed by atoms with Crippen molar-refractivity contribution in [1.82, 2.24) is 4.98 Å². The molecule has 0 bridgehead atoms. The van der Waals surface area contributed by atoms with Gasteiger partial charge >= 0.3 is 5.97 Å². The highest BCUT2D eigenvalue weighted by Gasteiger charge is 2.13. The third kappa shape index (κ3) is 14.2. The highest BCUT2D eigenvalue weighted by Crippen LogP contribution is 2.20. The van der Waals surface area contributed by atoms with E-state index in [-0.39, 0.29) is 11.6 Å². The van der Waals surface area contributed by atoms with Crippen molar-refractivity contribution in [2.45, 2.75) is 128 Å². The van der Waals surface area contributed by atoms with Crippen LogP contribution in [0.4, 0.5) is 0 Å². The maximum absolute atomic E-state index is 11.4. The molecule has 0 unspecified atom stereocenters. The fraction of sp³-hybridized carbons (Fsp3) is 0.750. The first kappa shape index (κ1) is 30.7. The van der Waals surface area contributed by atoms with Gasteiger partial charge < -0.3 is 5.11 Å². The molecule has 0 radical (unpaired) electrons. The molecule has 34 heavy (non-hydrogen) atoms. The Bertz CT molecular complexity index is 840. The second kappa shape index (κ2) is 19.9. The SMILES string of the molecule is [C-]#[N+]/C(C(=O)O)=c1/nc(SCCCCCCCCCCCCCCCCCC)s/c1=C\C(C)C. The van der Waals surface area contributed by atoms with E-state index in [0.29, 0.717) is 5.35 Å². The van der Waals surface area contributed by atoms with Gasteiger partial charge in [-0.25, -0.2) is 9.83 Å². The van der Waals surface area contributed by atoms with Crippen molar-refractivity contribution in [3.05, 3.63) is 21.3 Å². The van der Waals surface area contributed by atoms with Crippen LogP contribution in [0.5, 0.6) is 0 Å². The fourth-order valence-electron chi connectivity index (χ4n) is 3.97. The number of aliphatic carboxylic acids is 1. The topological polar surface area (TPSA) is 54.5 Å². The molecule has 0 aliphatic rings. The molecule has 1 N–H and O–H groups in total. The van der Waals surface area contributed by atoms with E-state index in [1.165, 1.54) is 108 Å². The lowest BCUT2D eigenvalue weighted by atomic mass is 10.0. The molecule has 192 valence electrons. The van der Waals surface area contributed by atoms with Gasteiger partial charge in [-0.15, -0.1) is 11.3 Å². The van der Waals surface area contributed by atoms with Gasteiger partial charge in [0, 0.05) is 10.3 Å². The minimum Gasteiger partial charge on any atom is -0.486 e. The van der Waals surface area contributed by atoms with Crippen LogP contribution in [-0.4, -0.2) is 21.8 Å². The van der Waals surface area contributed by atoms with Crippen molar-refractivity contribution in [3.8, 4) is 0 Å². The molecule has 0 aliphatic carbocycles. The van der Waals surface area contributed by atoms with Crippen LogP contribution in [0.25, 0.3) is 16.6 Å². The minimum atomic E-state index is -1.20. The van der Waals surface area contributed by atoms with E-state index in [1.54, 1.807) is 11.8 Å². The number of carboxylic acids is 1. The molecule has 1 aromatic rings. The van der Waals surface area contributed by atoms with Crippen LogP contribution in [0.15, 0.2) is 4.34 Å². The van der Waals surface area contributed by atoms with E-state index < -0.39 is 5.97 Å². The molecular weight excluding hydrogens is 460 g/mol. The monoisotopic (exact) mass is 506 g/mol. The number of nitrogens with zero attached hydrogens (tertiary/aromatic N) is 2. The van der Waals surface area contributed by atoms with Gasteiger partial charge in [0.1, 0.15) is 4.34 Å². The average Bonchev–Trinajstić information content (AvgIpc) is 3.17. The molecule has 0 atom stereocenters. The number of aromatic nitrogens is 1. The first-order chi connectivity index (χ1) is 16.5. The largest absolute Gasteiger partial charge is 0.486 e. The Balaban J connectivity index is 2.15.